The maximum atomic E-state index is 11.9. The van der Waals surface area contributed by atoms with Gasteiger partial charge in [0.25, 0.3) is 5.69 Å². The third-order valence-electron chi connectivity index (χ3n) is 2.61. The number of non-ortho nitro benzene ring substituents is 1. The first-order chi connectivity index (χ1) is 10.9. The first-order valence-corrected chi connectivity index (χ1v) is 6.74. The van der Waals surface area contributed by atoms with Crippen molar-refractivity contribution in [3.05, 3.63) is 46.5 Å². The molecule has 124 valence electrons. The van der Waals surface area contributed by atoms with Gasteiger partial charge in [-0.2, -0.15) is 5.01 Å². The van der Waals surface area contributed by atoms with Crippen LogP contribution in [-0.2, 0) is 9.47 Å². The number of nitro benzene ring substituents is 1. The highest BCUT2D eigenvalue weighted by atomic mass is 16.6. The van der Waals surface area contributed by atoms with E-state index in [2.05, 4.69) is 12.0 Å². The van der Waals surface area contributed by atoms with Gasteiger partial charge in [-0.25, -0.2) is 15.0 Å². The normalized spacial score (nSPS) is 9.65. The predicted octanol–water partition coefficient (Wildman–Crippen LogP) is 2.69. The second-order valence-electron chi connectivity index (χ2n) is 4.12. The Hall–Kier alpha value is -3.10. The molecule has 0 aliphatic heterocycles. The number of carbonyl (C=O) groups excluding carboxylic acids is 2. The third-order valence-corrected chi connectivity index (χ3v) is 2.61. The highest BCUT2D eigenvalue weighted by Crippen LogP contribution is 2.20. The Balaban J connectivity index is 2.99. The molecule has 0 aromatic heterocycles. The molecule has 0 unspecified atom stereocenters. The van der Waals surface area contributed by atoms with Gasteiger partial charge in [0.1, 0.15) is 0 Å². The molecule has 1 N–H and O–H groups in total. The van der Waals surface area contributed by atoms with E-state index in [0.29, 0.717) is 5.56 Å². The van der Waals surface area contributed by atoms with Crippen molar-refractivity contribution in [2.24, 2.45) is 0 Å². The van der Waals surface area contributed by atoms with E-state index in [-0.39, 0.29) is 24.6 Å². The number of rotatable bonds is 5. The Labute approximate surface area is 132 Å². The summed E-state index contributed by atoms with van der Waals surface area (Å²) in [6.07, 6.45) is -1.72. The van der Waals surface area contributed by atoms with Gasteiger partial charge in [-0.1, -0.05) is 6.58 Å². The van der Waals surface area contributed by atoms with Gasteiger partial charge in [0.15, 0.2) is 0 Å². The van der Waals surface area contributed by atoms with Crippen LogP contribution in [-0.4, -0.2) is 35.3 Å². The van der Waals surface area contributed by atoms with Crippen molar-refractivity contribution in [1.29, 1.82) is 0 Å². The molecule has 0 heterocycles. The minimum absolute atomic E-state index is 0.0754. The highest BCUT2D eigenvalue weighted by Gasteiger charge is 2.22. The molecule has 0 bridgehead atoms. The Morgan fingerprint density at radius 1 is 1.22 bits per heavy atom. The molecule has 9 nitrogen and oxygen atoms in total. The van der Waals surface area contributed by atoms with Crippen molar-refractivity contribution in [2.45, 2.75) is 13.8 Å². The minimum atomic E-state index is -0.858. The van der Waals surface area contributed by atoms with Crippen LogP contribution in [0.25, 0.3) is 5.70 Å². The predicted molar refractivity (Wildman–Crippen MR) is 81.1 cm³/mol. The van der Waals surface area contributed by atoms with Gasteiger partial charge in [0.05, 0.1) is 23.8 Å². The lowest BCUT2D eigenvalue weighted by atomic mass is 10.1. The first kappa shape index (κ1) is 18.0. The zero-order chi connectivity index (χ0) is 17.4. The van der Waals surface area contributed by atoms with Crippen molar-refractivity contribution < 1.29 is 24.0 Å². The van der Waals surface area contributed by atoms with Crippen LogP contribution in [0.5, 0.6) is 0 Å². The number of amides is 2. The Bertz CT molecular complexity index is 599. The van der Waals surface area contributed by atoms with Gasteiger partial charge in [-0.05, 0) is 26.0 Å². The van der Waals surface area contributed by atoms with E-state index in [1.54, 1.807) is 13.8 Å². The van der Waals surface area contributed by atoms with E-state index in [9.17, 15) is 19.7 Å². The van der Waals surface area contributed by atoms with Gasteiger partial charge in [0.2, 0.25) is 0 Å². The SMILES string of the molecule is C=C(c1ccc([N+](=O)[O-])cc1)N(NC(=O)OCC)C(=O)OCC. The summed E-state index contributed by atoms with van der Waals surface area (Å²) < 4.78 is 9.54. The molecule has 0 radical (unpaired) electrons. The number of ether oxygens (including phenoxy) is 2. The standard InChI is InChI=1S/C14H17N3O6/c1-4-22-13(18)15-16(14(19)23-5-2)10(3)11-6-8-12(9-7-11)17(20)21/h6-9H,3-5H2,1-2H3,(H,15,18). The molecule has 0 saturated carbocycles. The molecule has 0 spiro atoms. The fourth-order valence-corrected chi connectivity index (χ4v) is 1.57. The summed E-state index contributed by atoms with van der Waals surface area (Å²) in [4.78, 5) is 33.6. The molecule has 1 rings (SSSR count). The lowest BCUT2D eigenvalue weighted by Crippen LogP contribution is -2.45. The molecule has 0 atom stereocenters. The van der Waals surface area contributed by atoms with Crippen LogP contribution in [0.1, 0.15) is 19.4 Å². The van der Waals surface area contributed by atoms with Gasteiger partial charge in [-0.15, -0.1) is 0 Å². The topological polar surface area (TPSA) is 111 Å². The number of nitrogens with zero attached hydrogens (tertiary/aromatic N) is 2. The molecule has 1 aromatic carbocycles. The lowest BCUT2D eigenvalue weighted by molar-refractivity contribution is -0.384. The summed E-state index contributed by atoms with van der Waals surface area (Å²) in [7, 11) is 0. The second kappa shape index (κ2) is 8.37. The van der Waals surface area contributed by atoms with Crippen LogP contribution in [0.3, 0.4) is 0 Å². The van der Waals surface area contributed by atoms with E-state index in [4.69, 9.17) is 9.47 Å². The van der Waals surface area contributed by atoms with Crippen LogP contribution in [0.15, 0.2) is 30.8 Å². The average Bonchev–Trinajstić information content (AvgIpc) is 2.52. The minimum Gasteiger partial charge on any atom is -0.449 e. The zero-order valence-electron chi connectivity index (χ0n) is 12.8. The Morgan fingerprint density at radius 3 is 2.26 bits per heavy atom. The molecule has 2 amide bonds. The number of carbonyl (C=O) groups is 2. The maximum Gasteiger partial charge on any atom is 0.433 e. The number of hydrogen-bond acceptors (Lipinski definition) is 6. The highest BCUT2D eigenvalue weighted by molar-refractivity contribution is 5.84. The van der Waals surface area contributed by atoms with Crippen LogP contribution < -0.4 is 5.43 Å². The number of nitro groups is 1. The van der Waals surface area contributed by atoms with Crippen LogP contribution in [0.4, 0.5) is 15.3 Å². The summed E-state index contributed by atoms with van der Waals surface area (Å²) in [6.45, 7) is 7.13. The Kier molecular flexibility index (Phi) is 6.53. The van der Waals surface area contributed by atoms with Crippen molar-refractivity contribution in [3.8, 4) is 0 Å². The number of hydrogen-bond donors (Lipinski definition) is 1. The molecule has 23 heavy (non-hydrogen) atoms. The van der Waals surface area contributed by atoms with Crippen molar-refractivity contribution in [1.82, 2.24) is 10.4 Å². The summed E-state index contributed by atoms with van der Waals surface area (Å²) >= 11 is 0. The quantitative estimate of drug-likeness (QED) is 0.658. The van der Waals surface area contributed by atoms with Gasteiger partial charge in [-0.3, -0.25) is 10.1 Å². The molecule has 0 saturated heterocycles. The van der Waals surface area contributed by atoms with E-state index < -0.39 is 17.1 Å². The van der Waals surface area contributed by atoms with Crippen LogP contribution in [0.2, 0.25) is 0 Å². The van der Waals surface area contributed by atoms with Crippen molar-refractivity contribution in [3.63, 3.8) is 0 Å². The summed E-state index contributed by atoms with van der Waals surface area (Å²) in [5, 5.41) is 11.4. The monoisotopic (exact) mass is 323 g/mol. The number of hydrazine groups is 1. The molecule has 0 aliphatic carbocycles. The van der Waals surface area contributed by atoms with Crippen LogP contribution >= 0.6 is 0 Å². The Morgan fingerprint density at radius 2 is 1.78 bits per heavy atom. The van der Waals surface area contributed by atoms with E-state index in [0.717, 1.165) is 5.01 Å². The molecular weight excluding hydrogens is 306 g/mol. The molecule has 9 heteroatoms. The van der Waals surface area contributed by atoms with E-state index in [1.165, 1.54) is 24.3 Å². The summed E-state index contributed by atoms with van der Waals surface area (Å²) in [5.41, 5.74) is 2.56. The van der Waals surface area contributed by atoms with Crippen molar-refractivity contribution in [2.75, 3.05) is 13.2 Å². The van der Waals surface area contributed by atoms with Crippen LogP contribution in [0, 0.1) is 10.1 Å². The largest absolute Gasteiger partial charge is 0.449 e. The van der Waals surface area contributed by atoms with Crippen molar-refractivity contribution >= 4 is 23.6 Å². The van der Waals surface area contributed by atoms with Gasteiger partial charge < -0.3 is 9.47 Å². The number of benzene rings is 1. The summed E-state index contributed by atoms with van der Waals surface area (Å²) in [5.74, 6) is 0. The molecular formula is C14H17N3O6. The molecule has 0 aliphatic rings. The van der Waals surface area contributed by atoms with Gasteiger partial charge in [0, 0.05) is 17.7 Å². The smallest absolute Gasteiger partial charge is 0.433 e. The maximum absolute atomic E-state index is 11.9. The molecule has 1 aromatic rings. The average molecular weight is 323 g/mol. The third kappa shape index (κ3) is 4.99. The first-order valence-electron chi connectivity index (χ1n) is 6.74. The zero-order valence-corrected chi connectivity index (χ0v) is 12.8. The summed E-state index contributed by atoms with van der Waals surface area (Å²) in [6, 6.07) is 5.32. The second-order valence-corrected chi connectivity index (χ2v) is 4.12. The van der Waals surface area contributed by atoms with Gasteiger partial charge >= 0.3 is 12.2 Å². The molecule has 0 fully saturated rings. The fraction of sp³-hybridized carbons (Fsp3) is 0.286. The fourth-order valence-electron chi connectivity index (χ4n) is 1.57. The lowest BCUT2D eigenvalue weighted by Gasteiger charge is -2.23. The van der Waals surface area contributed by atoms with E-state index in [1.807, 2.05) is 0 Å². The van der Waals surface area contributed by atoms with E-state index >= 15 is 0 Å². The number of nitrogens with one attached hydrogen (secondary N) is 1.